The van der Waals surface area contributed by atoms with Crippen LogP contribution in [0.15, 0.2) is 101 Å². The number of aromatic nitrogens is 3. The Morgan fingerprint density at radius 2 is 1.76 bits per heavy atom. The Balaban J connectivity index is 1.35. The van der Waals surface area contributed by atoms with Crippen molar-refractivity contribution in [1.29, 1.82) is 0 Å². The molecule has 0 saturated heterocycles. The molecule has 0 aliphatic heterocycles. The monoisotopic (exact) mass is 504 g/mol. The van der Waals surface area contributed by atoms with Gasteiger partial charge in [-0.1, -0.05) is 62.9 Å². The maximum atomic E-state index is 13.2. The fraction of sp³-hybridized carbons (Fsp3) is 0.129. The Bertz CT molecular complexity index is 1580. The molecule has 2 N–H and O–H groups in total. The van der Waals surface area contributed by atoms with Crippen molar-refractivity contribution in [3.05, 3.63) is 114 Å². The molecule has 0 atom stereocenters. The number of pyridine rings is 1. The summed E-state index contributed by atoms with van der Waals surface area (Å²) in [7, 11) is 0. The van der Waals surface area contributed by atoms with Crippen LogP contribution in [-0.2, 0) is 5.41 Å². The maximum absolute atomic E-state index is 13.2. The number of fused-ring (bicyclic) bond motifs is 1. The Morgan fingerprint density at radius 1 is 0.919 bits per heavy atom. The first-order valence-electron chi connectivity index (χ1n) is 12.1. The SMILES string of the molecule is CC(C)(C)c1cccc(NC(=O)c2ccccc2Sc2ccc3c(/C=C/c4ccccn4)n[nH]c3c2)c1. The zero-order valence-corrected chi connectivity index (χ0v) is 21.8. The molecule has 2 aromatic heterocycles. The summed E-state index contributed by atoms with van der Waals surface area (Å²) < 4.78 is 0. The van der Waals surface area contributed by atoms with E-state index >= 15 is 0 Å². The minimum atomic E-state index is -0.126. The van der Waals surface area contributed by atoms with Crippen LogP contribution < -0.4 is 5.32 Å². The highest BCUT2D eigenvalue weighted by molar-refractivity contribution is 7.99. The number of H-pyrrole nitrogens is 1. The van der Waals surface area contributed by atoms with Crippen molar-refractivity contribution < 1.29 is 4.79 Å². The fourth-order valence-corrected chi connectivity index (χ4v) is 4.97. The highest BCUT2D eigenvalue weighted by Crippen LogP contribution is 2.33. The van der Waals surface area contributed by atoms with E-state index in [9.17, 15) is 4.79 Å². The van der Waals surface area contributed by atoms with Gasteiger partial charge in [-0.3, -0.25) is 14.9 Å². The second-order valence-corrected chi connectivity index (χ2v) is 10.9. The number of carbonyl (C=O) groups excluding carboxylic acids is 1. The number of nitrogens with one attached hydrogen (secondary N) is 2. The molecule has 5 aromatic rings. The molecule has 184 valence electrons. The van der Waals surface area contributed by atoms with Gasteiger partial charge >= 0.3 is 0 Å². The zero-order chi connectivity index (χ0) is 25.8. The highest BCUT2D eigenvalue weighted by Gasteiger charge is 2.16. The summed E-state index contributed by atoms with van der Waals surface area (Å²) in [6.07, 6.45) is 5.68. The Labute approximate surface area is 221 Å². The minimum Gasteiger partial charge on any atom is -0.322 e. The summed E-state index contributed by atoms with van der Waals surface area (Å²) in [6.45, 7) is 6.49. The first-order chi connectivity index (χ1) is 17.9. The third-order valence-electron chi connectivity index (χ3n) is 6.01. The molecule has 0 bridgehead atoms. The Morgan fingerprint density at radius 3 is 2.57 bits per heavy atom. The van der Waals surface area contributed by atoms with Gasteiger partial charge in [-0.15, -0.1) is 0 Å². The first-order valence-corrected chi connectivity index (χ1v) is 12.9. The van der Waals surface area contributed by atoms with Gasteiger partial charge in [-0.2, -0.15) is 5.10 Å². The maximum Gasteiger partial charge on any atom is 0.256 e. The number of anilines is 1. The van der Waals surface area contributed by atoms with E-state index in [4.69, 9.17) is 0 Å². The molecule has 0 aliphatic rings. The van der Waals surface area contributed by atoms with E-state index in [2.05, 4.69) is 65.5 Å². The number of hydrogen-bond donors (Lipinski definition) is 2. The molecule has 0 saturated carbocycles. The minimum absolute atomic E-state index is 0.00784. The lowest BCUT2D eigenvalue weighted by atomic mass is 9.87. The van der Waals surface area contributed by atoms with E-state index in [-0.39, 0.29) is 11.3 Å². The van der Waals surface area contributed by atoms with Crippen LogP contribution in [0.25, 0.3) is 23.1 Å². The van der Waals surface area contributed by atoms with Crippen LogP contribution in [0.1, 0.15) is 48.1 Å². The average molecular weight is 505 g/mol. The average Bonchev–Trinajstić information content (AvgIpc) is 3.30. The van der Waals surface area contributed by atoms with Crippen LogP contribution in [-0.4, -0.2) is 21.1 Å². The molecule has 6 heteroatoms. The largest absolute Gasteiger partial charge is 0.322 e. The Kier molecular flexibility index (Phi) is 6.93. The molecule has 0 fully saturated rings. The molecular weight excluding hydrogens is 476 g/mol. The van der Waals surface area contributed by atoms with Crippen LogP contribution in [0.5, 0.6) is 0 Å². The second kappa shape index (κ2) is 10.4. The van der Waals surface area contributed by atoms with E-state index in [1.807, 2.05) is 72.8 Å². The molecule has 1 amide bonds. The van der Waals surface area contributed by atoms with Gasteiger partial charge < -0.3 is 5.32 Å². The third-order valence-corrected chi connectivity index (χ3v) is 7.08. The molecule has 5 nitrogen and oxygen atoms in total. The third kappa shape index (κ3) is 5.81. The van der Waals surface area contributed by atoms with Gasteiger partial charge in [0.05, 0.1) is 22.5 Å². The number of hydrogen-bond acceptors (Lipinski definition) is 4. The number of nitrogens with zero attached hydrogens (tertiary/aromatic N) is 2. The van der Waals surface area contributed by atoms with E-state index in [0.717, 1.165) is 37.8 Å². The van der Waals surface area contributed by atoms with Crippen LogP contribution in [0, 0.1) is 0 Å². The molecule has 0 unspecified atom stereocenters. The molecule has 5 rings (SSSR count). The van der Waals surface area contributed by atoms with Crippen molar-refractivity contribution in [3.8, 4) is 0 Å². The summed E-state index contributed by atoms with van der Waals surface area (Å²) in [5.74, 6) is -0.126. The van der Waals surface area contributed by atoms with Crippen molar-refractivity contribution in [2.24, 2.45) is 0 Å². The number of amides is 1. The van der Waals surface area contributed by atoms with Crippen molar-refractivity contribution in [1.82, 2.24) is 15.2 Å². The van der Waals surface area contributed by atoms with E-state index in [1.165, 1.54) is 5.56 Å². The lowest BCUT2D eigenvalue weighted by Crippen LogP contribution is -2.15. The van der Waals surface area contributed by atoms with E-state index < -0.39 is 0 Å². The van der Waals surface area contributed by atoms with E-state index in [0.29, 0.717) is 5.56 Å². The quantitative estimate of drug-likeness (QED) is 0.247. The summed E-state index contributed by atoms with van der Waals surface area (Å²) in [5.41, 5.74) is 5.29. The predicted molar refractivity (Wildman–Crippen MR) is 153 cm³/mol. The topological polar surface area (TPSA) is 70.7 Å². The number of carbonyl (C=O) groups is 1. The number of aromatic amines is 1. The normalized spacial score (nSPS) is 11.8. The molecular formula is C31H28N4OS. The number of rotatable bonds is 6. The molecule has 2 heterocycles. The van der Waals surface area contributed by atoms with Crippen molar-refractivity contribution >= 4 is 46.4 Å². The Hall–Kier alpha value is -4.16. The van der Waals surface area contributed by atoms with E-state index in [1.54, 1.807) is 18.0 Å². The first kappa shape index (κ1) is 24.5. The summed E-state index contributed by atoms with van der Waals surface area (Å²) in [4.78, 5) is 19.5. The van der Waals surface area contributed by atoms with Crippen LogP contribution in [0.4, 0.5) is 5.69 Å². The van der Waals surface area contributed by atoms with Gasteiger partial charge in [-0.05, 0) is 77.7 Å². The van der Waals surface area contributed by atoms with Gasteiger partial charge in [0.2, 0.25) is 0 Å². The standard InChI is InChI=1S/C31H28N4OS/c1-31(2,3)21-9-8-11-23(19-21)33-30(36)26-12-4-5-13-29(26)37-24-15-16-25-27(34-35-28(25)20-24)17-14-22-10-6-7-18-32-22/h4-20H,1-3H3,(H,33,36)(H,34,35)/b17-14+. The van der Waals surface area contributed by atoms with Gasteiger partial charge in [0.1, 0.15) is 0 Å². The highest BCUT2D eigenvalue weighted by atomic mass is 32.2. The molecule has 0 aliphatic carbocycles. The van der Waals surface area contributed by atoms with Crippen molar-refractivity contribution in [2.45, 2.75) is 36.0 Å². The molecule has 0 spiro atoms. The fourth-order valence-electron chi connectivity index (χ4n) is 3.98. The molecule has 3 aromatic carbocycles. The summed E-state index contributed by atoms with van der Waals surface area (Å²) in [6, 6.07) is 27.7. The molecule has 37 heavy (non-hydrogen) atoms. The second-order valence-electron chi connectivity index (χ2n) is 9.79. The van der Waals surface area contributed by atoms with Crippen LogP contribution in [0.2, 0.25) is 0 Å². The van der Waals surface area contributed by atoms with Crippen LogP contribution in [0.3, 0.4) is 0 Å². The van der Waals surface area contributed by atoms with Gasteiger partial charge in [0.25, 0.3) is 5.91 Å². The lowest BCUT2D eigenvalue weighted by molar-refractivity contribution is 0.102. The lowest BCUT2D eigenvalue weighted by Gasteiger charge is -2.20. The van der Waals surface area contributed by atoms with Crippen molar-refractivity contribution in [2.75, 3.05) is 5.32 Å². The number of benzene rings is 3. The van der Waals surface area contributed by atoms with Gasteiger partial charge in [0, 0.05) is 27.1 Å². The predicted octanol–water partition coefficient (Wildman–Crippen LogP) is 7.83. The zero-order valence-electron chi connectivity index (χ0n) is 21.0. The smallest absolute Gasteiger partial charge is 0.256 e. The van der Waals surface area contributed by atoms with Crippen molar-refractivity contribution in [3.63, 3.8) is 0 Å². The van der Waals surface area contributed by atoms with Crippen LogP contribution >= 0.6 is 11.8 Å². The van der Waals surface area contributed by atoms with Gasteiger partial charge in [-0.25, -0.2) is 0 Å². The van der Waals surface area contributed by atoms with Gasteiger partial charge in [0.15, 0.2) is 0 Å². The molecule has 0 radical (unpaired) electrons. The summed E-state index contributed by atoms with van der Waals surface area (Å²) in [5, 5.41) is 11.7. The summed E-state index contributed by atoms with van der Waals surface area (Å²) >= 11 is 1.56.